The lowest BCUT2D eigenvalue weighted by atomic mass is 10.2. The first kappa shape index (κ1) is 16.0. The van der Waals surface area contributed by atoms with Crippen LogP contribution in [0.5, 0.6) is 0 Å². The summed E-state index contributed by atoms with van der Waals surface area (Å²) in [5.74, 6) is 0. The van der Waals surface area contributed by atoms with E-state index < -0.39 is 10.4 Å². The average molecular weight is 293 g/mol. The van der Waals surface area contributed by atoms with Gasteiger partial charge in [-0.2, -0.15) is 0 Å². The van der Waals surface area contributed by atoms with Crippen LogP contribution in [0.2, 0.25) is 0 Å². The number of aryl methyl sites for hydroxylation is 1. The summed E-state index contributed by atoms with van der Waals surface area (Å²) in [6, 6.07) is 14.5. The predicted molar refractivity (Wildman–Crippen MR) is 75.3 cm³/mol. The quantitative estimate of drug-likeness (QED) is 0.519. The maximum atomic E-state index is 8.63. The number of benzene rings is 1. The molecule has 0 atom stereocenters. The molecule has 1 heterocycles. The molecule has 20 heavy (non-hydrogen) atoms. The Morgan fingerprint density at radius 2 is 1.55 bits per heavy atom. The first-order valence-corrected chi connectivity index (χ1v) is 7.08. The van der Waals surface area contributed by atoms with Gasteiger partial charge < -0.3 is 4.55 Å². The van der Waals surface area contributed by atoms with Crippen LogP contribution in [0.1, 0.15) is 11.1 Å². The fraction of sp³-hybridized carbons (Fsp3) is 0.0714. The largest absolute Gasteiger partial charge is 0.726 e. The Bertz CT molecular complexity index is 659. The van der Waals surface area contributed by atoms with Crippen LogP contribution in [0.15, 0.2) is 54.9 Å². The molecule has 0 amide bonds. The van der Waals surface area contributed by atoms with Crippen molar-refractivity contribution < 1.29 is 22.1 Å². The van der Waals surface area contributed by atoms with Gasteiger partial charge in [-0.05, 0) is 17.7 Å². The third-order valence-electron chi connectivity index (χ3n) is 2.23. The summed E-state index contributed by atoms with van der Waals surface area (Å²) in [4.78, 5) is 0. The van der Waals surface area contributed by atoms with Crippen molar-refractivity contribution in [3.8, 4) is 0 Å². The molecule has 106 valence electrons. The summed E-state index contributed by atoms with van der Waals surface area (Å²) in [5.41, 5.74) is 2.44. The Morgan fingerprint density at radius 1 is 1.05 bits per heavy atom. The zero-order valence-electron chi connectivity index (χ0n) is 10.9. The van der Waals surface area contributed by atoms with Gasteiger partial charge in [0.1, 0.15) is 7.05 Å². The Balaban J connectivity index is 0.000000347. The van der Waals surface area contributed by atoms with Crippen molar-refractivity contribution in [2.75, 3.05) is 0 Å². The van der Waals surface area contributed by atoms with Crippen LogP contribution in [0.3, 0.4) is 0 Å². The first-order valence-electron chi connectivity index (χ1n) is 5.71. The van der Waals surface area contributed by atoms with Crippen LogP contribution in [0.25, 0.3) is 12.2 Å². The van der Waals surface area contributed by atoms with Crippen molar-refractivity contribution in [3.63, 3.8) is 0 Å². The molecule has 1 aromatic carbocycles. The van der Waals surface area contributed by atoms with E-state index in [1.807, 2.05) is 42.1 Å². The smallest absolute Gasteiger partial charge is 0.215 e. The summed E-state index contributed by atoms with van der Waals surface area (Å²) >= 11 is 0. The summed E-state index contributed by atoms with van der Waals surface area (Å²) in [6.45, 7) is 0. The van der Waals surface area contributed by atoms with Gasteiger partial charge in [0.25, 0.3) is 0 Å². The van der Waals surface area contributed by atoms with Crippen molar-refractivity contribution in [1.82, 2.24) is 0 Å². The molecule has 0 saturated carbocycles. The normalized spacial score (nSPS) is 10.9. The van der Waals surface area contributed by atoms with Gasteiger partial charge in [-0.25, -0.2) is 13.0 Å². The highest BCUT2D eigenvalue weighted by Crippen LogP contribution is 2.05. The van der Waals surface area contributed by atoms with Gasteiger partial charge in [0.15, 0.2) is 12.4 Å². The summed E-state index contributed by atoms with van der Waals surface area (Å²) in [7, 11) is -2.89. The van der Waals surface area contributed by atoms with E-state index in [1.165, 1.54) is 11.1 Å². The molecular weight excluding hydrogens is 278 g/mol. The van der Waals surface area contributed by atoms with E-state index in [1.54, 1.807) is 0 Å². The van der Waals surface area contributed by atoms with Crippen LogP contribution < -0.4 is 4.57 Å². The van der Waals surface area contributed by atoms with E-state index in [9.17, 15) is 0 Å². The molecule has 0 aliphatic carbocycles. The van der Waals surface area contributed by atoms with Gasteiger partial charge >= 0.3 is 0 Å². The SMILES string of the molecule is C[n+]1cccc(C=Cc2ccccc2)c1.O=S(=O)([O-])O. The van der Waals surface area contributed by atoms with E-state index >= 15 is 0 Å². The molecule has 5 nitrogen and oxygen atoms in total. The third-order valence-corrected chi connectivity index (χ3v) is 2.23. The number of pyridine rings is 1. The Labute approximate surface area is 118 Å². The van der Waals surface area contributed by atoms with Crippen molar-refractivity contribution in [3.05, 3.63) is 66.0 Å². The lowest BCUT2D eigenvalue weighted by Crippen LogP contribution is -2.26. The fourth-order valence-electron chi connectivity index (χ4n) is 1.47. The molecule has 0 fully saturated rings. The zero-order valence-corrected chi connectivity index (χ0v) is 11.7. The maximum absolute atomic E-state index is 8.63. The van der Waals surface area contributed by atoms with Gasteiger partial charge in [0, 0.05) is 11.6 Å². The molecule has 0 saturated heterocycles. The van der Waals surface area contributed by atoms with E-state index in [0.29, 0.717) is 0 Å². The number of hydrogen-bond donors (Lipinski definition) is 1. The second-order valence-electron chi connectivity index (χ2n) is 3.97. The molecule has 6 heteroatoms. The second kappa shape index (κ2) is 7.54. The minimum atomic E-state index is -4.92. The molecule has 1 N–H and O–H groups in total. The van der Waals surface area contributed by atoms with Crippen molar-refractivity contribution in [2.24, 2.45) is 7.05 Å². The number of aromatic nitrogens is 1. The third kappa shape index (κ3) is 8.15. The molecule has 0 aliphatic heterocycles. The summed E-state index contributed by atoms with van der Waals surface area (Å²) in [6.07, 6.45) is 8.37. The van der Waals surface area contributed by atoms with Gasteiger partial charge in [0.2, 0.25) is 10.4 Å². The highest BCUT2D eigenvalue weighted by atomic mass is 32.3. The van der Waals surface area contributed by atoms with Crippen LogP contribution in [-0.4, -0.2) is 17.5 Å². The van der Waals surface area contributed by atoms with E-state index in [0.717, 1.165) is 0 Å². The average Bonchev–Trinajstić information content (AvgIpc) is 2.36. The Morgan fingerprint density at radius 3 is 2.10 bits per heavy atom. The van der Waals surface area contributed by atoms with Crippen LogP contribution >= 0.6 is 0 Å². The predicted octanol–water partition coefficient (Wildman–Crippen LogP) is 1.69. The molecule has 2 aromatic rings. The molecule has 0 aliphatic rings. The van der Waals surface area contributed by atoms with Crippen LogP contribution in [0, 0.1) is 0 Å². The van der Waals surface area contributed by atoms with Crippen LogP contribution in [-0.2, 0) is 17.4 Å². The van der Waals surface area contributed by atoms with Crippen molar-refractivity contribution >= 4 is 22.6 Å². The van der Waals surface area contributed by atoms with Gasteiger partial charge in [0.05, 0.1) is 0 Å². The topological polar surface area (TPSA) is 81.3 Å². The number of hydrogen-bond acceptors (Lipinski definition) is 3. The molecule has 0 radical (unpaired) electrons. The molecule has 0 unspecified atom stereocenters. The highest BCUT2D eigenvalue weighted by Gasteiger charge is 1.92. The first-order chi connectivity index (χ1) is 9.34. The Hall–Kier alpha value is -2.02. The molecule has 0 bridgehead atoms. The lowest BCUT2D eigenvalue weighted by Gasteiger charge is -1.92. The van der Waals surface area contributed by atoms with E-state index in [2.05, 4.69) is 36.5 Å². The summed E-state index contributed by atoms with van der Waals surface area (Å²) < 4.78 is 34.9. The number of rotatable bonds is 2. The van der Waals surface area contributed by atoms with Gasteiger partial charge in [-0.3, -0.25) is 4.55 Å². The molecular formula is C14H15NO4S. The maximum Gasteiger partial charge on any atom is 0.215 e. The minimum absolute atomic E-state index is 1.21. The molecule has 2 rings (SSSR count). The monoisotopic (exact) mass is 293 g/mol. The Kier molecular flexibility index (Phi) is 6.05. The molecule has 1 aromatic heterocycles. The second-order valence-corrected chi connectivity index (χ2v) is 4.83. The zero-order chi connectivity index (χ0) is 15.0. The van der Waals surface area contributed by atoms with Crippen LogP contribution in [0.4, 0.5) is 0 Å². The van der Waals surface area contributed by atoms with Crippen molar-refractivity contribution in [1.29, 1.82) is 0 Å². The summed E-state index contributed by atoms with van der Waals surface area (Å²) in [5, 5.41) is 0. The van der Waals surface area contributed by atoms with Crippen molar-refractivity contribution in [2.45, 2.75) is 0 Å². The van der Waals surface area contributed by atoms with E-state index in [4.69, 9.17) is 17.5 Å². The van der Waals surface area contributed by atoms with Gasteiger partial charge in [-0.1, -0.05) is 36.4 Å². The molecule has 0 spiro atoms. The highest BCUT2D eigenvalue weighted by molar-refractivity contribution is 7.79. The fourth-order valence-corrected chi connectivity index (χ4v) is 1.47. The number of nitrogens with zero attached hydrogens (tertiary/aromatic N) is 1. The minimum Gasteiger partial charge on any atom is -0.726 e. The lowest BCUT2D eigenvalue weighted by molar-refractivity contribution is -0.671. The standard InChI is InChI=1S/C14H14N.H2O4S/c1-15-11-5-8-14(12-15)10-9-13-6-3-2-4-7-13;1-5(2,3)4/h2-12H,1H3;(H2,1,2,3,4)/q+1;/p-1. The van der Waals surface area contributed by atoms with E-state index in [-0.39, 0.29) is 0 Å². The van der Waals surface area contributed by atoms with Gasteiger partial charge in [-0.15, -0.1) is 0 Å².